The van der Waals surface area contributed by atoms with Crippen molar-refractivity contribution in [3.8, 4) is 0 Å². The van der Waals surface area contributed by atoms with Gasteiger partial charge in [0.2, 0.25) is 0 Å². The van der Waals surface area contributed by atoms with E-state index in [9.17, 15) is 0 Å². The van der Waals surface area contributed by atoms with Crippen LogP contribution >= 0.6 is 0 Å². The average Bonchev–Trinajstić information content (AvgIpc) is 2.68. The predicted molar refractivity (Wildman–Crippen MR) is 62.1 cm³/mol. The van der Waals surface area contributed by atoms with Crippen molar-refractivity contribution >= 4 is 0 Å². The number of hydrogen-bond donors (Lipinski definition) is 1. The first-order valence-corrected chi connectivity index (χ1v) is 5.73. The van der Waals surface area contributed by atoms with Gasteiger partial charge in [0.15, 0.2) is 0 Å². The molecule has 0 bridgehead atoms. The van der Waals surface area contributed by atoms with Crippen LogP contribution in [0.2, 0.25) is 0 Å². The van der Waals surface area contributed by atoms with Crippen molar-refractivity contribution in [3.05, 3.63) is 17.5 Å². The van der Waals surface area contributed by atoms with E-state index in [0.29, 0.717) is 5.92 Å². The number of aromatic nitrogens is 2. The Morgan fingerprint density at radius 1 is 1.47 bits per heavy atom. The lowest BCUT2D eigenvalue weighted by Crippen LogP contribution is -2.16. The third-order valence-corrected chi connectivity index (χ3v) is 3.15. The fourth-order valence-electron chi connectivity index (χ4n) is 2.30. The van der Waals surface area contributed by atoms with Gasteiger partial charge in [-0.15, -0.1) is 0 Å². The lowest BCUT2D eigenvalue weighted by Gasteiger charge is -2.17. The van der Waals surface area contributed by atoms with Crippen molar-refractivity contribution in [3.63, 3.8) is 0 Å². The molecule has 1 aliphatic rings. The second-order valence-corrected chi connectivity index (χ2v) is 5.52. The quantitative estimate of drug-likeness (QED) is 0.761. The summed E-state index contributed by atoms with van der Waals surface area (Å²) in [6.45, 7) is 8.93. The van der Waals surface area contributed by atoms with E-state index in [1.54, 1.807) is 0 Å². The molecule has 1 N–H and O–H groups in total. The molecule has 84 valence electrons. The lowest BCUT2D eigenvalue weighted by molar-refractivity contribution is 0.521. The average molecular weight is 207 g/mol. The van der Waals surface area contributed by atoms with Crippen LogP contribution in [0.15, 0.2) is 6.07 Å². The Hall–Kier alpha value is -0.830. The second kappa shape index (κ2) is 3.63. The SMILES string of the molecule is Cn1nc(C2CCNC2)cc1C(C)(C)C. The summed E-state index contributed by atoms with van der Waals surface area (Å²) in [5, 5.41) is 8.02. The van der Waals surface area contributed by atoms with Crippen molar-refractivity contribution in [2.24, 2.45) is 7.05 Å². The van der Waals surface area contributed by atoms with Crippen LogP contribution in [0.5, 0.6) is 0 Å². The smallest absolute Gasteiger partial charge is 0.0671 e. The molecular formula is C12H21N3. The topological polar surface area (TPSA) is 29.9 Å². The summed E-state index contributed by atoms with van der Waals surface area (Å²) in [7, 11) is 2.05. The molecule has 0 amide bonds. The Kier molecular flexibility index (Phi) is 2.59. The molecule has 2 heterocycles. The number of rotatable bonds is 1. The number of aryl methyl sites for hydroxylation is 1. The van der Waals surface area contributed by atoms with Crippen LogP contribution in [0.4, 0.5) is 0 Å². The molecule has 0 aromatic carbocycles. The van der Waals surface area contributed by atoms with Gasteiger partial charge in [0.05, 0.1) is 5.69 Å². The zero-order valence-corrected chi connectivity index (χ0v) is 10.2. The van der Waals surface area contributed by atoms with Crippen LogP contribution in [-0.2, 0) is 12.5 Å². The molecule has 0 saturated carbocycles. The van der Waals surface area contributed by atoms with E-state index in [4.69, 9.17) is 0 Å². The van der Waals surface area contributed by atoms with E-state index >= 15 is 0 Å². The Morgan fingerprint density at radius 3 is 2.67 bits per heavy atom. The summed E-state index contributed by atoms with van der Waals surface area (Å²) >= 11 is 0. The monoisotopic (exact) mass is 207 g/mol. The van der Waals surface area contributed by atoms with Gasteiger partial charge in [0.1, 0.15) is 0 Å². The standard InChI is InChI=1S/C12H21N3/c1-12(2,3)11-7-10(14-15(11)4)9-5-6-13-8-9/h7,9,13H,5-6,8H2,1-4H3. The summed E-state index contributed by atoms with van der Waals surface area (Å²) in [6, 6.07) is 2.28. The molecule has 0 radical (unpaired) electrons. The highest BCUT2D eigenvalue weighted by molar-refractivity contribution is 5.21. The first-order valence-electron chi connectivity index (χ1n) is 5.73. The maximum absolute atomic E-state index is 4.64. The highest BCUT2D eigenvalue weighted by Crippen LogP contribution is 2.27. The van der Waals surface area contributed by atoms with E-state index in [1.165, 1.54) is 17.8 Å². The zero-order valence-electron chi connectivity index (χ0n) is 10.2. The van der Waals surface area contributed by atoms with Crippen LogP contribution in [-0.4, -0.2) is 22.9 Å². The minimum absolute atomic E-state index is 0.187. The summed E-state index contributed by atoms with van der Waals surface area (Å²) in [5.74, 6) is 0.618. The Bertz CT molecular complexity index is 340. The molecule has 1 aromatic rings. The van der Waals surface area contributed by atoms with Gasteiger partial charge < -0.3 is 5.32 Å². The minimum atomic E-state index is 0.187. The van der Waals surface area contributed by atoms with Crippen molar-refractivity contribution in [2.45, 2.75) is 38.5 Å². The Labute approximate surface area is 91.9 Å². The first-order chi connectivity index (χ1) is 6.98. The molecule has 3 heteroatoms. The van der Waals surface area contributed by atoms with Gasteiger partial charge in [0.25, 0.3) is 0 Å². The molecule has 1 atom stereocenters. The largest absolute Gasteiger partial charge is 0.316 e. The molecule has 1 aromatic heterocycles. The summed E-state index contributed by atoms with van der Waals surface area (Å²) in [4.78, 5) is 0. The Balaban J connectivity index is 2.28. The van der Waals surface area contributed by atoms with Crippen LogP contribution in [0.1, 0.15) is 44.5 Å². The van der Waals surface area contributed by atoms with Gasteiger partial charge in [-0.05, 0) is 19.0 Å². The fraction of sp³-hybridized carbons (Fsp3) is 0.750. The second-order valence-electron chi connectivity index (χ2n) is 5.52. The van der Waals surface area contributed by atoms with E-state index in [0.717, 1.165) is 13.1 Å². The first kappa shape index (κ1) is 10.7. The Morgan fingerprint density at radius 2 is 2.20 bits per heavy atom. The molecule has 2 rings (SSSR count). The number of nitrogens with one attached hydrogen (secondary N) is 1. The summed E-state index contributed by atoms with van der Waals surface area (Å²) in [6.07, 6.45) is 1.22. The van der Waals surface area contributed by atoms with Crippen molar-refractivity contribution < 1.29 is 0 Å². The van der Waals surface area contributed by atoms with E-state index in [2.05, 4.69) is 37.3 Å². The number of nitrogens with zero attached hydrogens (tertiary/aromatic N) is 2. The summed E-state index contributed by atoms with van der Waals surface area (Å²) < 4.78 is 2.04. The molecule has 0 spiro atoms. The highest BCUT2D eigenvalue weighted by atomic mass is 15.3. The van der Waals surface area contributed by atoms with Crippen LogP contribution in [0.25, 0.3) is 0 Å². The molecule has 1 aliphatic heterocycles. The zero-order chi connectivity index (χ0) is 11.1. The van der Waals surface area contributed by atoms with Crippen LogP contribution < -0.4 is 5.32 Å². The highest BCUT2D eigenvalue weighted by Gasteiger charge is 2.24. The van der Waals surface area contributed by atoms with Gasteiger partial charge in [-0.2, -0.15) is 5.10 Å². The van der Waals surface area contributed by atoms with E-state index < -0.39 is 0 Å². The molecule has 1 saturated heterocycles. The maximum atomic E-state index is 4.64. The lowest BCUT2D eigenvalue weighted by atomic mass is 9.91. The van der Waals surface area contributed by atoms with Crippen LogP contribution in [0.3, 0.4) is 0 Å². The van der Waals surface area contributed by atoms with E-state index in [-0.39, 0.29) is 5.41 Å². The van der Waals surface area contributed by atoms with Gasteiger partial charge in [0, 0.05) is 30.6 Å². The van der Waals surface area contributed by atoms with Gasteiger partial charge in [-0.3, -0.25) is 4.68 Å². The molecule has 0 aliphatic carbocycles. The third-order valence-electron chi connectivity index (χ3n) is 3.15. The van der Waals surface area contributed by atoms with Crippen molar-refractivity contribution in [1.29, 1.82) is 0 Å². The van der Waals surface area contributed by atoms with Crippen LogP contribution in [0, 0.1) is 0 Å². The summed E-state index contributed by atoms with van der Waals surface area (Å²) in [5.41, 5.74) is 2.77. The van der Waals surface area contributed by atoms with Gasteiger partial charge in [-0.25, -0.2) is 0 Å². The van der Waals surface area contributed by atoms with E-state index in [1.807, 2.05) is 11.7 Å². The molecule has 1 fully saturated rings. The van der Waals surface area contributed by atoms with Gasteiger partial charge >= 0.3 is 0 Å². The third kappa shape index (κ3) is 2.07. The maximum Gasteiger partial charge on any atom is 0.0671 e. The molecule has 1 unspecified atom stereocenters. The molecule has 15 heavy (non-hydrogen) atoms. The van der Waals surface area contributed by atoms with Crippen molar-refractivity contribution in [1.82, 2.24) is 15.1 Å². The molecule has 3 nitrogen and oxygen atoms in total. The predicted octanol–water partition coefficient (Wildman–Crippen LogP) is 1.79. The van der Waals surface area contributed by atoms with Gasteiger partial charge in [-0.1, -0.05) is 20.8 Å². The molecular weight excluding hydrogens is 186 g/mol. The van der Waals surface area contributed by atoms with Crippen molar-refractivity contribution in [2.75, 3.05) is 13.1 Å². The fourth-order valence-corrected chi connectivity index (χ4v) is 2.30. The number of hydrogen-bond acceptors (Lipinski definition) is 2. The minimum Gasteiger partial charge on any atom is -0.316 e. The normalized spacial score (nSPS) is 22.3.